The van der Waals surface area contributed by atoms with E-state index >= 15 is 0 Å². The molecule has 0 aromatic carbocycles. The van der Waals surface area contributed by atoms with Crippen LogP contribution in [0.4, 0.5) is 0 Å². The molecule has 0 aromatic heterocycles. The lowest BCUT2D eigenvalue weighted by atomic mass is 9.75. The van der Waals surface area contributed by atoms with Crippen molar-refractivity contribution in [1.82, 2.24) is 0 Å². The predicted octanol–water partition coefficient (Wildman–Crippen LogP) is 4.11. The maximum atomic E-state index is 5.52. The zero-order chi connectivity index (χ0) is 11.4. The Bertz CT molecular complexity index is 216. The molecule has 0 saturated heterocycles. The summed E-state index contributed by atoms with van der Waals surface area (Å²) in [6, 6.07) is 0. The van der Waals surface area contributed by atoms with Crippen molar-refractivity contribution >= 4 is 11.6 Å². The number of hydrogen-bond donors (Lipinski definition) is 0. The van der Waals surface area contributed by atoms with Crippen molar-refractivity contribution in [2.45, 2.75) is 46.1 Å². The summed E-state index contributed by atoms with van der Waals surface area (Å²) in [4.78, 5) is 10.2. The van der Waals surface area contributed by atoms with Gasteiger partial charge in [-0.25, -0.2) is 0 Å². The van der Waals surface area contributed by atoms with Gasteiger partial charge < -0.3 is 4.89 Å². The highest BCUT2D eigenvalue weighted by molar-refractivity contribution is 6.27. The number of hydrogen-bond acceptors (Lipinski definition) is 2. The summed E-state index contributed by atoms with van der Waals surface area (Å²) in [6.45, 7) is 10.2. The van der Waals surface area contributed by atoms with Gasteiger partial charge in [-0.05, 0) is 48.8 Å². The van der Waals surface area contributed by atoms with E-state index in [1.54, 1.807) is 0 Å². The Morgan fingerprint density at radius 2 is 2.07 bits per heavy atom. The lowest BCUT2D eigenvalue weighted by molar-refractivity contribution is -0.308. The molecule has 1 aliphatic carbocycles. The van der Waals surface area contributed by atoms with Crippen LogP contribution in [0.5, 0.6) is 0 Å². The molecule has 0 aliphatic heterocycles. The van der Waals surface area contributed by atoms with E-state index in [1.807, 2.05) is 0 Å². The third kappa shape index (κ3) is 4.04. The van der Waals surface area contributed by atoms with E-state index in [1.165, 1.54) is 12.8 Å². The zero-order valence-corrected chi connectivity index (χ0v) is 10.6. The molecule has 0 aromatic rings. The fourth-order valence-corrected chi connectivity index (χ4v) is 2.38. The van der Waals surface area contributed by atoms with E-state index in [0.29, 0.717) is 17.8 Å². The first-order chi connectivity index (χ1) is 7.00. The Kier molecular flexibility index (Phi) is 4.94. The van der Waals surface area contributed by atoms with E-state index in [2.05, 4.69) is 27.4 Å². The van der Waals surface area contributed by atoms with Crippen LogP contribution in [0.2, 0.25) is 0 Å². The van der Waals surface area contributed by atoms with Gasteiger partial charge in [0.05, 0.1) is 0 Å². The average Bonchev–Trinajstić information content (AvgIpc) is 2.14. The van der Waals surface area contributed by atoms with Crippen molar-refractivity contribution in [2.24, 2.45) is 17.8 Å². The molecule has 0 unspecified atom stereocenters. The molecular formula is C12H21ClO2. The quantitative estimate of drug-likeness (QED) is 0.413. The van der Waals surface area contributed by atoms with E-state index in [0.717, 1.165) is 6.42 Å². The van der Waals surface area contributed by atoms with Gasteiger partial charge in [-0.3, -0.25) is 0 Å². The third-order valence-electron chi connectivity index (χ3n) is 3.22. The van der Waals surface area contributed by atoms with Crippen molar-refractivity contribution in [1.29, 1.82) is 0 Å². The molecule has 1 aliphatic rings. The van der Waals surface area contributed by atoms with Gasteiger partial charge in [0, 0.05) is 0 Å². The summed E-state index contributed by atoms with van der Waals surface area (Å²) in [5.41, 5.74) is 0. The maximum Gasteiger partial charge on any atom is 0.224 e. The molecule has 0 heterocycles. The van der Waals surface area contributed by atoms with Crippen molar-refractivity contribution < 1.29 is 9.78 Å². The first-order valence-corrected chi connectivity index (χ1v) is 6.06. The van der Waals surface area contributed by atoms with E-state index in [-0.39, 0.29) is 11.3 Å². The second-order valence-electron chi connectivity index (χ2n) is 4.90. The minimum atomic E-state index is 0.107. The Morgan fingerprint density at radius 3 is 2.60 bits per heavy atom. The second kappa shape index (κ2) is 5.76. The summed E-state index contributed by atoms with van der Waals surface area (Å²) < 4.78 is 0. The molecule has 0 N–H and O–H groups in total. The van der Waals surface area contributed by atoms with Crippen molar-refractivity contribution in [3.05, 3.63) is 11.8 Å². The largest absolute Gasteiger partial charge is 0.325 e. The van der Waals surface area contributed by atoms with E-state index in [9.17, 15) is 0 Å². The van der Waals surface area contributed by atoms with E-state index in [4.69, 9.17) is 21.4 Å². The fourth-order valence-electron chi connectivity index (χ4n) is 2.34. The summed E-state index contributed by atoms with van der Waals surface area (Å²) >= 11 is 5.52. The Balaban J connectivity index is 2.50. The highest BCUT2D eigenvalue weighted by atomic mass is 35.5. The van der Waals surface area contributed by atoms with Gasteiger partial charge in [-0.1, -0.05) is 27.2 Å². The van der Waals surface area contributed by atoms with Gasteiger partial charge in [-0.15, -0.1) is 0 Å². The van der Waals surface area contributed by atoms with Crippen LogP contribution < -0.4 is 0 Å². The summed E-state index contributed by atoms with van der Waals surface area (Å²) in [5, 5.41) is 0.107. The van der Waals surface area contributed by atoms with Crippen LogP contribution in [0.25, 0.3) is 0 Å². The van der Waals surface area contributed by atoms with Crippen LogP contribution in [-0.4, -0.2) is 6.10 Å². The van der Waals surface area contributed by atoms with Crippen LogP contribution in [0.1, 0.15) is 40.0 Å². The minimum Gasteiger partial charge on any atom is -0.325 e. The molecule has 1 saturated carbocycles. The molecule has 0 amide bonds. The lowest BCUT2D eigenvalue weighted by Crippen LogP contribution is -2.34. The van der Waals surface area contributed by atoms with Crippen molar-refractivity contribution in [3.8, 4) is 0 Å². The van der Waals surface area contributed by atoms with E-state index < -0.39 is 0 Å². The van der Waals surface area contributed by atoms with Crippen LogP contribution in [-0.2, 0) is 9.78 Å². The predicted molar refractivity (Wildman–Crippen MR) is 62.3 cm³/mol. The highest BCUT2D eigenvalue weighted by Crippen LogP contribution is 2.35. The number of rotatable bonds is 4. The Labute approximate surface area is 97.5 Å². The molecule has 15 heavy (non-hydrogen) atoms. The summed E-state index contributed by atoms with van der Waals surface area (Å²) in [7, 11) is 0. The summed E-state index contributed by atoms with van der Waals surface area (Å²) in [6.07, 6.45) is 3.70. The molecule has 3 atom stereocenters. The van der Waals surface area contributed by atoms with Crippen LogP contribution >= 0.6 is 11.6 Å². The van der Waals surface area contributed by atoms with Crippen molar-refractivity contribution in [3.63, 3.8) is 0 Å². The topological polar surface area (TPSA) is 18.5 Å². The van der Waals surface area contributed by atoms with Gasteiger partial charge in [0.25, 0.3) is 0 Å². The van der Waals surface area contributed by atoms with Crippen molar-refractivity contribution in [2.75, 3.05) is 0 Å². The zero-order valence-electron chi connectivity index (χ0n) is 9.83. The molecule has 0 spiro atoms. The SMILES string of the molecule is C=C(Cl)OO[C@@H]1C[C@H](C)CC[C@H]1C(C)C. The first-order valence-electron chi connectivity index (χ1n) is 5.68. The second-order valence-corrected chi connectivity index (χ2v) is 5.32. The average molecular weight is 233 g/mol. The van der Waals surface area contributed by atoms with Gasteiger partial charge >= 0.3 is 0 Å². The van der Waals surface area contributed by atoms with Crippen LogP contribution in [0, 0.1) is 17.8 Å². The van der Waals surface area contributed by atoms with Gasteiger partial charge in [0.1, 0.15) is 6.10 Å². The van der Waals surface area contributed by atoms with Gasteiger partial charge in [0.2, 0.25) is 5.22 Å². The molecule has 0 bridgehead atoms. The number of halogens is 1. The molecule has 1 rings (SSSR count). The standard InChI is InChI=1S/C12H21ClO2/c1-8(2)11-6-5-9(3)7-12(11)15-14-10(4)13/h8-9,11-12H,4-7H2,1-3H3/t9-,11+,12-/m1/s1. The third-order valence-corrected chi connectivity index (χ3v) is 3.29. The molecule has 2 nitrogen and oxygen atoms in total. The maximum absolute atomic E-state index is 5.52. The Morgan fingerprint density at radius 1 is 1.40 bits per heavy atom. The Hall–Kier alpha value is -0.210. The fraction of sp³-hybridized carbons (Fsp3) is 0.833. The molecule has 1 fully saturated rings. The van der Waals surface area contributed by atoms with Crippen LogP contribution in [0.15, 0.2) is 11.8 Å². The van der Waals surface area contributed by atoms with Crippen LogP contribution in [0.3, 0.4) is 0 Å². The molecule has 88 valence electrons. The lowest BCUT2D eigenvalue weighted by Gasteiger charge is -2.35. The molecule has 3 heteroatoms. The highest BCUT2D eigenvalue weighted by Gasteiger charge is 2.32. The normalized spacial score (nSPS) is 31.7. The summed E-state index contributed by atoms with van der Waals surface area (Å²) in [5.74, 6) is 1.89. The smallest absolute Gasteiger partial charge is 0.224 e. The monoisotopic (exact) mass is 232 g/mol. The minimum absolute atomic E-state index is 0.107. The molecule has 0 radical (unpaired) electrons. The molecular weight excluding hydrogens is 212 g/mol. The first kappa shape index (κ1) is 12.9. The van der Waals surface area contributed by atoms with Gasteiger partial charge in [0.15, 0.2) is 0 Å². The van der Waals surface area contributed by atoms with Gasteiger partial charge in [-0.2, -0.15) is 4.89 Å².